The van der Waals surface area contributed by atoms with E-state index < -0.39 is 18.0 Å². The highest BCUT2D eigenvalue weighted by atomic mass is 35.5. The molecule has 1 aliphatic heterocycles. The van der Waals surface area contributed by atoms with Crippen LogP contribution in [0.2, 0.25) is 10.0 Å². The summed E-state index contributed by atoms with van der Waals surface area (Å²) in [6.07, 6.45) is 0.171. The van der Waals surface area contributed by atoms with E-state index in [0.29, 0.717) is 22.2 Å². The van der Waals surface area contributed by atoms with Crippen LogP contribution >= 0.6 is 23.2 Å². The van der Waals surface area contributed by atoms with Gasteiger partial charge in [-0.2, -0.15) is 0 Å². The minimum absolute atomic E-state index is 0.0605. The van der Waals surface area contributed by atoms with Crippen LogP contribution in [0, 0.1) is 0 Å². The lowest BCUT2D eigenvalue weighted by Gasteiger charge is -2.20. The monoisotopic (exact) mass is 373 g/mol. The highest BCUT2D eigenvalue weighted by Crippen LogP contribution is 2.26. The molecule has 1 heterocycles. The molecule has 1 aliphatic rings. The summed E-state index contributed by atoms with van der Waals surface area (Å²) in [5.41, 5.74) is 0.708. The van der Waals surface area contributed by atoms with E-state index in [4.69, 9.17) is 37.4 Å². The van der Waals surface area contributed by atoms with Crippen molar-refractivity contribution in [3.05, 3.63) is 45.8 Å². The smallest absolute Gasteiger partial charge is 0.377 e. The zero-order valence-electron chi connectivity index (χ0n) is 13.2. The first-order valence-corrected chi connectivity index (χ1v) is 8.05. The third kappa shape index (κ3) is 4.79. The molecule has 0 fully saturated rings. The Balaban J connectivity index is 1.93. The molecule has 2 rings (SSSR count). The number of esters is 1. The van der Waals surface area contributed by atoms with Crippen LogP contribution in [0.15, 0.2) is 30.2 Å². The quantitative estimate of drug-likeness (QED) is 0.803. The number of halogens is 2. The number of ether oxygens (including phenoxy) is 3. The third-order valence-electron chi connectivity index (χ3n) is 3.29. The fourth-order valence-corrected chi connectivity index (χ4v) is 2.58. The number of hydrogen-bond donors (Lipinski definition) is 1. The second kappa shape index (κ2) is 8.26. The Morgan fingerprint density at radius 3 is 2.62 bits per heavy atom. The predicted molar refractivity (Wildman–Crippen MR) is 88.6 cm³/mol. The van der Waals surface area contributed by atoms with Gasteiger partial charge in [-0.15, -0.1) is 0 Å². The SMILES string of the molecule is C[C@H](OC(=O)C1=COCCO1)C(=O)N[C@H](C)c1ccc(Cl)cc1Cl. The van der Waals surface area contributed by atoms with Gasteiger partial charge in [0.2, 0.25) is 5.76 Å². The number of carbonyl (C=O) groups excluding carboxylic acids is 2. The van der Waals surface area contributed by atoms with Gasteiger partial charge >= 0.3 is 5.97 Å². The minimum Gasteiger partial charge on any atom is -0.493 e. The molecule has 0 saturated heterocycles. The Morgan fingerprint density at radius 2 is 2.00 bits per heavy atom. The van der Waals surface area contributed by atoms with Gasteiger partial charge < -0.3 is 19.5 Å². The molecule has 0 saturated carbocycles. The van der Waals surface area contributed by atoms with Crippen LogP contribution in [0.3, 0.4) is 0 Å². The van der Waals surface area contributed by atoms with Crippen molar-refractivity contribution in [3.8, 4) is 0 Å². The van der Waals surface area contributed by atoms with Gasteiger partial charge in [-0.05, 0) is 31.5 Å². The highest BCUT2D eigenvalue weighted by Gasteiger charge is 2.24. The van der Waals surface area contributed by atoms with E-state index in [1.165, 1.54) is 13.2 Å². The van der Waals surface area contributed by atoms with Crippen molar-refractivity contribution in [2.45, 2.75) is 26.0 Å². The molecule has 0 unspecified atom stereocenters. The Kier molecular flexibility index (Phi) is 6.34. The van der Waals surface area contributed by atoms with E-state index in [9.17, 15) is 9.59 Å². The summed E-state index contributed by atoms with van der Waals surface area (Å²) in [7, 11) is 0. The molecule has 0 radical (unpaired) electrons. The van der Waals surface area contributed by atoms with Crippen LogP contribution in [-0.2, 0) is 23.8 Å². The number of rotatable bonds is 5. The highest BCUT2D eigenvalue weighted by molar-refractivity contribution is 6.35. The van der Waals surface area contributed by atoms with Crippen LogP contribution in [0.1, 0.15) is 25.5 Å². The van der Waals surface area contributed by atoms with E-state index in [1.54, 1.807) is 25.1 Å². The maximum absolute atomic E-state index is 12.2. The molecule has 6 nitrogen and oxygen atoms in total. The first-order chi connectivity index (χ1) is 11.4. The van der Waals surface area contributed by atoms with Crippen molar-refractivity contribution < 1.29 is 23.8 Å². The van der Waals surface area contributed by atoms with Crippen molar-refractivity contribution >= 4 is 35.1 Å². The molecule has 0 aliphatic carbocycles. The average molecular weight is 374 g/mol. The summed E-state index contributed by atoms with van der Waals surface area (Å²) in [5.74, 6) is -1.27. The fraction of sp³-hybridized carbons (Fsp3) is 0.375. The van der Waals surface area contributed by atoms with Crippen LogP contribution in [0.4, 0.5) is 0 Å². The zero-order valence-corrected chi connectivity index (χ0v) is 14.7. The summed E-state index contributed by atoms with van der Waals surface area (Å²) < 4.78 is 15.1. The van der Waals surface area contributed by atoms with Crippen LogP contribution in [0.25, 0.3) is 0 Å². The second-order valence-corrected chi connectivity index (χ2v) is 5.99. The van der Waals surface area contributed by atoms with Crippen molar-refractivity contribution in [2.75, 3.05) is 13.2 Å². The van der Waals surface area contributed by atoms with Crippen molar-refractivity contribution in [1.29, 1.82) is 0 Å². The predicted octanol–water partition coefficient (Wildman–Crippen LogP) is 2.99. The van der Waals surface area contributed by atoms with Gasteiger partial charge in [0.1, 0.15) is 19.5 Å². The topological polar surface area (TPSA) is 73.9 Å². The van der Waals surface area contributed by atoms with Gasteiger partial charge in [0, 0.05) is 10.0 Å². The molecule has 8 heteroatoms. The lowest BCUT2D eigenvalue weighted by molar-refractivity contribution is -0.155. The van der Waals surface area contributed by atoms with E-state index in [-0.39, 0.29) is 18.4 Å². The van der Waals surface area contributed by atoms with Crippen LogP contribution in [0.5, 0.6) is 0 Å². The van der Waals surface area contributed by atoms with E-state index in [1.807, 2.05) is 0 Å². The van der Waals surface area contributed by atoms with Crippen molar-refractivity contribution in [1.82, 2.24) is 5.32 Å². The molecule has 2 atom stereocenters. The van der Waals surface area contributed by atoms with E-state index in [2.05, 4.69) is 5.32 Å². The fourth-order valence-electron chi connectivity index (χ4n) is 2.01. The molecule has 24 heavy (non-hydrogen) atoms. The van der Waals surface area contributed by atoms with Gasteiger partial charge in [0.25, 0.3) is 5.91 Å². The summed E-state index contributed by atoms with van der Waals surface area (Å²) in [6.45, 7) is 3.86. The molecule has 1 aromatic carbocycles. The minimum atomic E-state index is -1.00. The van der Waals surface area contributed by atoms with Gasteiger partial charge in [0.15, 0.2) is 6.10 Å². The van der Waals surface area contributed by atoms with Gasteiger partial charge in [-0.1, -0.05) is 29.3 Å². The lowest BCUT2D eigenvalue weighted by atomic mass is 10.1. The van der Waals surface area contributed by atoms with E-state index in [0.717, 1.165) is 0 Å². The maximum Gasteiger partial charge on any atom is 0.377 e. The number of benzene rings is 1. The molecular weight excluding hydrogens is 357 g/mol. The summed E-state index contributed by atoms with van der Waals surface area (Å²) in [6, 6.07) is 4.63. The third-order valence-corrected chi connectivity index (χ3v) is 3.85. The maximum atomic E-state index is 12.2. The molecule has 0 aromatic heterocycles. The normalized spacial score (nSPS) is 16.1. The Labute approximate surface area is 149 Å². The first-order valence-electron chi connectivity index (χ1n) is 7.29. The number of nitrogens with one attached hydrogen (secondary N) is 1. The van der Waals surface area contributed by atoms with Crippen molar-refractivity contribution in [3.63, 3.8) is 0 Å². The Hall–Kier alpha value is -1.92. The first kappa shape index (κ1) is 18.4. The molecular formula is C16H17Cl2NO5. The summed E-state index contributed by atoms with van der Waals surface area (Å²) >= 11 is 12.0. The average Bonchev–Trinajstić information content (AvgIpc) is 2.55. The summed E-state index contributed by atoms with van der Waals surface area (Å²) in [5, 5.41) is 3.68. The second-order valence-electron chi connectivity index (χ2n) is 5.15. The summed E-state index contributed by atoms with van der Waals surface area (Å²) in [4.78, 5) is 24.0. The van der Waals surface area contributed by atoms with E-state index >= 15 is 0 Å². The Morgan fingerprint density at radius 1 is 1.25 bits per heavy atom. The van der Waals surface area contributed by atoms with Crippen LogP contribution < -0.4 is 5.32 Å². The lowest BCUT2D eigenvalue weighted by Crippen LogP contribution is -2.38. The van der Waals surface area contributed by atoms with Gasteiger partial charge in [-0.25, -0.2) is 4.79 Å². The molecule has 0 spiro atoms. The van der Waals surface area contributed by atoms with Crippen LogP contribution in [-0.4, -0.2) is 31.2 Å². The molecule has 1 N–H and O–H groups in total. The molecule has 1 amide bonds. The van der Waals surface area contributed by atoms with Gasteiger partial charge in [0.05, 0.1) is 6.04 Å². The van der Waals surface area contributed by atoms with Crippen molar-refractivity contribution in [2.24, 2.45) is 0 Å². The van der Waals surface area contributed by atoms with Gasteiger partial charge in [-0.3, -0.25) is 4.79 Å². The molecule has 130 valence electrons. The number of hydrogen-bond acceptors (Lipinski definition) is 5. The molecule has 1 aromatic rings. The number of amides is 1. The number of carbonyl (C=O) groups is 2. The Bertz CT molecular complexity index is 662. The largest absolute Gasteiger partial charge is 0.493 e. The molecule has 0 bridgehead atoms. The zero-order chi connectivity index (χ0) is 17.7. The standard InChI is InChI=1S/C16H17Cl2NO5/c1-9(12-4-3-11(17)7-13(12)18)19-15(20)10(2)24-16(21)14-8-22-5-6-23-14/h3-4,7-10H,5-6H2,1-2H3,(H,19,20)/t9-,10+/m1/s1.